The van der Waals surface area contributed by atoms with E-state index in [0.29, 0.717) is 0 Å². The predicted octanol–water partition coefficient (Wildman–Crippen LogP) is 4.82. The number of aryl methyl sites for hydroxylation is 1. The highest BCUT2D eigenvalue weighted by Crippen LogP contribution is 2.18. The summed E-state index contributed by atoms with van der Waals surface area (Å²) in [5.74, 6) is 0. The number of nitrogens with zero attached hydrogens (tertiary/aromatic N) is 1. The molecule has 25 heavy (non-hydrogen) atoms. The van der Waals surface area contributed by atoms with Gasteiger partial charge in [0.05, 0.1) is 6.21 Å². The van der Waals surface area contributed by atoms with Crippen LogP contribution in [0.5, 0.6) is 0 Å². The first kappa shape index (κ1) is 16.5. The highest BCUT2D eigenvalue weighted by molar-refractivity contribution is 5.91. The van der Waals surface area contributed by atoms with Crippen LogP contribution in [0.4, 0.5) is 10.5 Å². The average molecular weight is 329 g/mol. The number of urea groups is 1. The predicted molar refractivity (Wildman–Crippen MR) is 103 cm³/mol. The quantitative estimate of drug-likeness (QED) is 0.523. The molecular formula is C21H19N3O. The van der Waals surface area contributed by atoms with Gasteiger partial charge in [-0.25, -0.2) is 10.2 Å². The number of amides is 2. The van der Waals surface area contributed by atoms with E-state index in [1.165, 1.54) is 5.56 Å². The van der Waals surface area contributed by atoms with E-state index in [2.05, 4.69) is 28.0 Å². The van der Waals surface area contributed by atoms with Gasteiger partial charge >= 0.3 is 6.03 Å². The highest BCUT2D eigenvalue weighted by atomic mass is 16.2. The number of hydrogen-bond acceptors (Lipinski definition) is 2. The molecule has 4 heteroatoms. The lowest BCUT2D eigenvalue weighted by Crippen LogP contribution is -2.24. The normalized spacial score (nSPS) is 10.6. The number of hydrazone groups is 1. The molecule has 0 heterocycles. The highest BCUT2D eigenvalue weighted by Gasteiger charge is 2.02. The Morgan fingerprint density at radius 1 is 0.840 bits per heavy atom. The summed E-state index contributed by atoms with van der Waals surface area (Å²) in [5, 5.41) is 6.75. The van der Waals surface area contributed by atoms with E-state index in [0.717, 1.165) is 22.4 Å². The van der Waals surface area contributed by atoms with E-state index >= 15 is 0 Å². The van der Waals surface area contributed by atoms with Crippen molar-refractivity contribution < 1.29 is 4.79 Å². The van der Waals surface area contributed by atoms with Crippen molar-refractivity contribution in [2.45, 2.75) is 6.92 Å². The van der Waals surface area contributed by atoms with Gasteiger partial charge in [-0.1, -0.05) is 72.8 Å². The maximum atomic E-state index is 11.9. The molecule has 0 bridgehead atoms. The van der Waals surface area contributed by atoms with Gasteiger partial charge in [0.25, 0.3) is 0 Å². The molecule has 3 rings (SSSR count). The van der Waals surface area contributed by atoms with Gasteiger partial charge in [-0.3, -0.25) is 0 Å². The first-order valence-electron chi connectivity index (χ1n) is 8.03. The van der Waals surface area contributed by atoms with Crippen molar-refractivity contribution in [2.75, 3.05) is 5.32 Å². The molecule has 0 fully saturated rings. The molecule has 0 unspecified atom stereocenters. The van der Waals surface area contributed by atoms with E-state index in [-0.39, 0.29) is 6.03 Å². The van der Waals surface area contributed by atoms with Crippen molar-refractivity contribution in [2.24, 2.45) is 5.10 Å². The van der Waals surface area contributed by atoms with Gasteiger partial charge in [0, 0.05) is 5.69 Å². The Hall–Kier alpha value is -3.40. The second-order valence-corrected chi connectivity index (χ2v) is 5.63. The first-order chi connectivity index (χ1) is 12.2. The molecule has 124 valence electrons. The van der Waals surface area contributed by atoms with Crippen molar-refractivity contribution in [3.8, 4) is 11.1 Å². The lowest BCUT2D eigenvalue weighted by molar-refractivity contribution is 0.252. The van der Waals surface area contributed by atoms with E-state index in [9.17, 15) is 4.79 Å². The Balaban J connectivity index is 1.57. The van der Waals surface area contributed by atoms with Crippen LogP contribution in [-0.2, 0) is 0 Å². The second kappa shape index (κ2) is 7.93. The molecule has 0 aliphatic heterocycles. The Morgan fingerprint density at radius 3 is 2.20 bits per heavy atom. The van der Waals surface area contributed by atoms with Crippen LogP contribution in [0.3, 0.4) is 0 Å². The topological polar surface area (TPSA) is 53.5 Å². The molecule has 0 aliphatic rings. The fourth-order valence-electron chi connectivity index (χ4n) is 2.42. The minimum absolute atomic E-state index is 0.369. The summed E-state index contributed by atoms with van der Waals surface area (Å²) < 4.78 is 0. The van der Waals surface area contributed by atoms with Crippen molar-refractivity contribution in [1.29, 1.82) is 0 Å². The molecular weight excluding hydrogens is 310 g/mol. The van der Waals surface area contributed by atoms with Crippen molar-refractivity contribution in [1.82, 2.24) is 5.43 Å². The van der Waals surface area contributed by atoms with Gasteiger partial charge in [-0.2, -0.15) is 5.10 Å². The maximum Gasteiger partial charge on any atom is 0.339 e. The van der Waals surface area contributed by atoms with E-state index < -0.39 is 0 Å². The Bertz CT molecular complexity index is 871. The van der Waals surface area contributed by atoms with Crippen LogP contribution in [0, 0.1) is 6.92 Å². The third-order valence-corrected chi connectivity index (χ3v) is 3.79. The third-order valence-electron chi connectivity index (χ3n) is 3.79. The van der Waals surface area contributed by atoms with Crippen LogP contribution in [0.15, 0.2) is 84.0 Å². The van der Waals surface area contributed by atoms with Gasteiger partial charge in [0.2, 0.25) is 0 Å². The van der Waals surface area contributed by atoms with Crippen LogP contribution in [0.1, 0.15) is 11.1 Å². The third kappa shape index (κ3) is 4.54. The second-order valence-electron chi connectivity index (χ2n) is 5.63. The molecule has 0 saturated carbocycles. The van der Waals surface area contributed by atoms with E-state index in [1.54, 1.807) is 6.21 Å². The minimum atomic E-state index is -0.369. The molecule has 2 amide bonds. The van der Waals surface area contributed by atoms with Crippen LogP contribution in [0.2, 0.25) is 0 Å². The van der Waals surface area contributed by atoms with Crippen molar-refractivity contribution in [3.63, 3.8) is 0 Å². The smallest absolute Gasteiger partial charge is 0.306 e. The lowest BCUT2D eigenvalue weighted by Gasteiger charge is -2.06. The zero-order chi connectivity index (χ0) is 17.5. The average Bonchev–Trinajstić information content (AvgIpc) is 2.65. The number of hydrogen-bond donors (Lipinski definition) is 2. The summed E-state index contributed by atoms with van der Waals surface area (Å²) in [5.41, 5.74) is 7.46. The molecule has 0 aromatic heterocycles. The summed E-state index contributed by atoms with van der Waals surface area (Å²) in [6.07, 6.45) is 1.62. The number of benzene rings is 3. The first-order valence-corrected chi connectivity index (χ1v) is 8.03. The summed E-state index contributed by atoms with van der Waals surface area (Å²) >= 11 is 0. The zero-order valence-electron chi connectivity index (χ0n) is 13.9. The Morgan fingerprint density at radius 2 is 1.48 bits per heavy atom. The monoisotopic (exact) mass is 329 g/mol. The van der Waals surface area contributed by atoms with Gasteiger partial charge in [0.15, 0.2) is 0 Å². The Kier molecular flexibility index (Phi) is 5.22. The number of carbonyl (C=O) groups excluding carboxylic acids is 1. The standard InChI is InChI=1S/C21H19N3O/c1-16-7-5-6-10-20(16)23-21(25)24-22-15-17-11-13-19(14-12-17)18-8-3-2-4-9-18/h2-15H,1H3,(H2,23,24,25). The molecule has 2 N–H and O–H groups in total. The summed E-state index contributed by atoms with van der Waals surface area (Å²) in [4.78, 5) is 11.9. The minimum Gasteiger partial charge on any atom is -0.306 e. The van der Waals surface area contributed by atoms with Crippen LogP contribution in [0.25, 0.3) is 11.1 Å². The summed E-state index contributed by atoms with van der Waals surface area (Å²) in [6, 6.07) is 25.4. The number of rotatable bonds is 4. The largest absolute Gasteiger partial charge is 0.339 e. The Labute approximate surface area is 147 Å². The maximum absolute atomic E-state index is 11.9. The molecule has 0 spiro atoms. The number of anilines is 1. The van der Waals surface area contributed by atoms with Crippen molar-refractivity contribution in [3.05, 3.63) is 90.0 Å². The van der Waals surface area contributed by atoms with Gasteiger partial charge in [-0.15, -0.1) is 0 Å². The summed E-state index contributed by atoms with van der Waals surface area (Å²) in [6.45, 7) is 1.94. The van der Waals surface area contributed by atoms with Crippen LogP contribution < -0.4 is 10.7 Å². The molecule has 0 atom stereocenters. The molecule has 4 nitrogen and oxygen atoms in total. The molecule has 3 aromatic carbocycles. The van der Waals surface area contributed by atoms with Gasteiger partial charge < -0.3 is 5.32 Å². The fraction of sp³-hybridized carbons (Fsp3) is 0.0476. The number of carbonyl (C=O) groups is 1. The van der Waals surface area contributed by atoms with Gasteiger partial charge in [-0.05, 0) is 35.2 Å². The van der Waals surface area contributed by atoms with E-state index in [4.69, 9.17) is 0 Å². The zero-order valence-corrected chi connectivity index (χ0v) is 13.9. The molecule has 0 radical (unpaired) electrons. The molecule has 0 aliphatic carbocycles. The van der Waals surface area contributed by atoms with Crippen LogP contribution >= 0.6 is 0 Å². The fourth-order valence-corrected chi connectivity index (χ4v) is 2.42. The lowest BCUT2D eigenvalue weighted by atomic mass is 10.0. The number of nitrogens with one attached hydrogen (secondary N) is 2. The van der Waals surface area contributed by atoms with Crippen LogP contribution in [-0.4, -0.2) is 12.2 Å². The molecule has 0 saturated heterocycles. The number of para-hydroxylation sites is 1. The molecule has 3 aromatic rings. The summed E-state index contributed by atoms with van der Waals surface area (Å²) in [7, 11) is 0. The SMILES string of the molecule is Cc1ccccc1NC(=O)NN=Cc1ccc(-c2ccccc2)cc1. The van der Waals surface area contributed by atoms with E-state index in [1.807, 2.05) is 73.7 Å². The van der Waals surface area contributed by atoms with Crippen molar-refractivity contribution >= 4 is 17.9 Å². The van der Waals surface area contributed by atoms with Gasteiger partial charge in [0.1, 0.15) is 0 Å².